The van der Waals surface area contributed by atoms with Crippen LogP contribution in [0, 0.1) is 0 Å². The highest BCUT2D eigenvalue weighted by Gasteiger charge is 2.00. The number of nitrogens with one attached hydrogen (secondary N) is 3. The topological polar surface area (TPSA) is 53.2 Å². The summed E-state index contributed by atoms with van der Waals surface area (Å²) in [4.78, 5) is 11.0. The van der Waals surface area contributed by atoms with E-state index < -0.39 is 0 Å². The second-order valence-corrected chi connectivity index (χ2v) is 6.02. The Bertz CT molecular complexity index is 656. The number of rotatable bonds is 4. The van der Waals surface area contributed by atoms with E-state index in [1.165, 1.54) is 6.92 Å². The molecule has 0 saturated heterocycles. The summed E-state index contributed by atoms with van der Waals surface area (Å²) in [6, 6.07) is 15.4. The van der Waals surface area contributed by atoms with Gasteiger partial charge in [-0.25, -0.2) is 0 Å². The van der Waals surface area contributed by atoms with E-state index in [4.69, 9.17) is 12.2 Å². The summed E-state index contributed by atoms with van der Waals surface area (Å²) in [5.41, 5.74) is 2.79. The molecule has 0 unspecified atom stereocenters. The van der Waals surface area contributed by atoms with E-state index in [2.05, 4.69) is 31.9 Å². The lowest BCUT2D eigenvalue weighted by atomic mass is 10.2. The Morgan fingerprint density at radius 2 is 1.55 bits per heavy atom. The monoisotopic (exact) mass is 377 g/mol. The van der Waals surface area contributed by atoms with Crippen LogP contribution in [0.4, 0.5) is 11.4 Å². The molecule has 0 aliphatic heterocycles. The molecule has 0 aliphatic carbocycles. The molecule has 0 atom stereocenters. The van der Waals surface area contributed by atoms with Gasteiger partial charge in [-0.1, -0.05) is 28.1 Å². The van der Waals surface area contributed by atoms with Gasteiger partial charge in [0.1, 0.15) is 0 Å². The molecular formula is C16H16BrN3OS. The molecule has 1 amide bonds. The van der Waals surface area contributed by atoms with Crippen LogP contribution in [0.15, 0.2) is 53.0 Å². The first-order valence-corrected chi connectivity index (χ1v) is 7.90. The summed E-state index contributed by atoms with van der Waals surface area (Å²) in [5.74, 6) is -0.0780. The lowest BCUT2D eigenvalue weighted by Crippen LogP contribution is -2.27. The first-order valence-electron chi connectivity index (χ1n) is 6.70. The van der Waals surface area contributed by atoms with Crippen molar-refractivity contribution in [1.82, 2.24) is 5.32 Å². The zero-order valence-electron chi connectivity index (χ0n) is 12.0. The largest absolute Gasteiger partial charge is 0.358 e. The summed E-state index contributed by atoms with van der Waals surface area (Å²) in [6.45, 7) is 2.10. The van der Waals surface area contributed by atoms with Crippen LogP contribution < -0.4 is 16.0 Å². The molecule has 4 nitrogen and oxygen atoms in total. The molecule has 114 valence electrons. The summed E-state index contributed by atoms with van der Waals surface area (Å²) >= 11 is 8.65. The van der Waals surface area contributed by atoms with Gasteiger partial charge in [-0.2, -0.15) is 0 Å². The number of hydrogen-bond acceptors (Lipinski definition) is 2. The highest BCUT2D eigenvalue weighted by Crippen LogP contribution is 2.14. The van der Waals surface area contributed by atoms with Gasteiger partial charge < -0.3 is 16.0 Å². The molecule has 22 heavy (non-hydrogen) atoms. The first kappa shape index (κ1) is 16.5. The average Bonchev–Trinajstić information content (AvgIpc) is 2.48. The Hall–Kier alpha value is -1.92. The van der Waals surface area contributed by atoms with Crippen LogP contribution in [-0.4, -0.2) is 11.0 Å². The lowest BCUT2D eigenvalue weighted by molar-refractivity contribution is -0.114. The van der Waals surface area contributed by atoms with Gasteiger partial charge in [0.2, 0.25) is 5.91 Å². The fourth-order valence-electron chi connectivity index (χ4n) is 1.80. The van der Waals surface area contributed by atoms with Crippen molar-refractivity contribution < 1.29 is 4.79 Å². The van der Waals surface area contributed by atoms with Crippen LogP contribution in [0.3, 0.4) is 0 Å². The van der Waals surface area contributed by atoms with Crippen LogP contribution >= 0.6 is 28.1 Å². The number of anilines is 2. The third kappa shape index (κ3) is 5.46. The Labute approximate surface area is 143 Å². The number of hydrogen-bond donors (Lipinski definition) is 3. The van der Waals surface area contributed by atoms with Gasteiger partial charge in [0, 0.05) is 29.3 Å². The SMILES string of the molecule is CC(=O)Nc1ccc(CNC(=S)Nc2ccc(Br)cc2)cc1. The van der Waals surface area contributed by atoms with Crippen molar-refractivity contribution in [1.29, 1.82) is 0 Å². The molecule has 2 aromatic rings. The van der Waals surface area contributed by atoms with Crippen LogP contribution in [-0.2, 0) is 11.3 Å². The summed E-state index contributed by atoms with van der Waals surface area (Å²) in [6.07, 6.45) is 0. The highest BCUT2D eigenvalue weighted by molar-refractivity contribution is 9.10. The molecule has 0 saturated carbocycles. The van der Waals surface area contributed by atoms with E-state index in [-0.39, 0.29) is 5.91 Å². The van der Waals surface area contributed by atoms with E-state index in [1.807, 2.05) is 48.5 Å². The normalized spacial score (nSPS) is 9.91. The molecule has 6 heteroatoms. The van der Waals surface area contributed by atoms with E-state index >= 15 is 0 Å². The van der Waals surface area contributed by atoms with E-state index in [0.717, 1.165) is 21.4 Å². The fraction of sp³-hybridized carbons (Fsp3) is 0.125. The Kier molecular flexibility index (Phi) is 5.91. The number of carbonyl (C=O) groups is 1. The summed E-state index contributed by atoms with van der Waals surface area (Å²) in [7, 11) is 0. The van der Waals surface area contributed by atoms with Gasteiger partial charge in [0.05, 0.1) is 0 Å². The quantitative estimate of drug-likeness (QED) is 0.707. The predicted octanol–water partition coefficient (Wildman–Crippen LogP) is 3.89. The van der Waals surface area contributed by atoms with E-state index in [1.54, 1.807) is 0 Å². The minimum absolute atomic E-state index is 0.0780. The second-order valence-electron chi connectivity index (χ2n) is 4.69. The van der Waals surface area contributed by atoms with Crippen molar-refractivity contribution in [2.75, 3.05) is 10.6 Å². The number of halogens is 1. The Morgan fingerprint density at radius 1 is 1.00 bits per heavy atom. The Balaban J connectivity index is 1.83. The van der Waals surface area contributed by atoms with Crippen molar-refractivity contribution >= 4 is 50.5 Å². The third-order valence-corrected chi connectivity index (χ3v) is 3.60. The minimum atomic E-state index is -0.0780. The number of benzene rings is 2. The van der Waals surface area contributed by atoms with E-state index in [0.29, 0.717) is 11.7 Å². The number of amides is 1. The van der Waals surface area contributed by atoms with Crippen molar-refractivity contribution in [3.8, 4) is 0 Å². The van der Waals surface area contributed by atoms with Crippen LogP contribution in [0.2, 0.25) is 0 Å². The number of carbonyl (C=O) groups excluding carboxylic acids is 1. The fourth-order valence-corrected chi connectivity index (χ4v) is 2.25. The van der Waals surface area contributed by atoms with Gasteiger partial charge >= 0.3 is 0 Å². The summed E-state index contributed by atoms with van der Waals surface area (Å²) in [5, 5.41) is 9.56. The third-order valence-electron chi connectivity index (χ3n) is 2.83. The molecule has 2 aromatic carbocycles. The van der Waals surface area contributed by atoms with Crippen molar-refractivity contribution in [3.63, 3.8) is 0 Å². The van der Waals surface area contributed by atoms with Gasteiger partial charge in [-0.3, -0.25) is 4.79 Å². The molecule has 0 aromatic heterocycles. The molecular weight excluding hydrogens is 362 g/mol. The predicted molar refractivity (Wildman–Crippen MR) is 97.9 cm³/mol. The second kappa shape index (κ2) is 7.91. The van der Waals surface area contributed by atoms with Crippen LogP contribution in [0.5, 0.6) is 0 Å². The van der Waals surface area contributed by atoms with Gasteiger partial charge in [-0.05, 0) is 54.2 Å². The zero-order chi connectivity index (χ0) is 15.9. The van der Waals surface area contributed by atoms with E-state index in [9.17, 15) is 4.79 Å². The van der Waals surface area contributed by atoms with Crippen molar-refractivity contribution in [3.05, 3.63) is 58.6 Å². The molecule has 0 aliphatic rings. The first-order chi connectivity index (χ1) is 10.5. The maximum Gasteiger partial charge on any atom is 0.221 e. The van der Waals surface area contributed by atoms with Crippen molar-refractivity contribution in [2.24, 2.45) is 0 Å². The highest BCUT2D eigenvalue weighted by atomic mass is 79.9. The molecule has 2 rings (SSSR count). The van der Waals surface area contributed by atoms with Gasteiger partial charge in [0.15, 0.2) is 5.11 Å². The average molecular weight is 378 g/mol. The van der Waals surface area contributed by atoms with Crippen LogP contribution in [0.1, 0.15) is 12.5 Å². The molecule has 0 radical (unpaired) electrons. The molecule has 0 spiro atoms. The zero-order valence-corrected chi connectivity index (χ0v) is 14.4. The summed E-state index contributed by atoms with van der Waals surface area (Å²) < 4.78 is 1.02. The molecule has 3 N–H and O–H groups in total. The smallest absolute Gasteiger partial charge is 0.221 e. The van der Waals surface area contributed by atoms with Crippen LogP contribution in [0.25, 0.3) is 0 Å². The maximum atomic E-state index is 11.0. The molecule has 0 fully saturated rings. The Morgan fingerprint density at radius 3 is 2.14 bits per heavy atom. The molecule has 0 heterocycles. The van der Waals surface area contributed by atoms with Crippen molar-refractivity contribution in [2.45, 2.75) is 13.5 Å². The lowest BCUT2D eigenvalue weighted by Gasteiger charge is -2.11. The van der Waals surface area contributed by atoms with Gasteiger partial charge in [-0.15, -0.1) is 0 Å². The molecule has 0 bridgehead atoms. The maximum absolute atomic E-state index is 11.0. The minimum Gasteiger partial charge on any atom is -0.358 e. The van der Waals surface area contributed by atoms with Gasteiger partial charge in [0.25, 0.3) is 0 Å². The standard InChI is InChI=1S/C16H16BrN3OS/c1-11(21)19-14-6-2-12(3-7-14)10-18-16(22)20-15-8-4-13(17)5-9-15/h2-9H,10H2,1H3,(H,19,21)(H2,18,20,22). The number of thiocarbonyl (C=S) groups is 1.